The van der Waals surface area contributed by atoms with Crippen molar-refractivity contribution >= 4 is 18.3 Å². The Hall–Kier alpha value is -3.15. The molecule has 0 aliphatic heterocycles. The third-order valence-corrected chi connectivity index (χ3v) is 4.69. The van der Waals surface area contributed by atoms with Gasteiger partial charge < -0.3 is 15.1 Å². The Morgan fingerprint density at radius 3 is 1.65 bits per heavy atom. The van der Waals surface area contributed by atoms with E-state index in [1.54, 1.807) is 36.7 Å². The van der Waals surface area contributed by atoms with Gasteiger partial charge in [-0.25, -0.2) is 0 Å². The smallest absolute Gasteiger partial charge is 0.227 e. The molecule has 0 aromatic heterocycles. The number of aliphatic imine (C=N–C) groups is 2. The number of para-hydroxylation sites is 2. The number of amides is 1. The molecule has 0 saturated heterocycles. The van der Waals surface area contributed by atoms with Crippen LogP contribution in [0.15, 0.2) is 58.5 Å². The fourth-order valence-electron chi connectivity index (χ4n) is 3.01. The molecule has 1 amide bonds. The van der Waals surface area contributed by atoms with Crippen molar-refractivity contribution in [1.82, 2.24) is 4.90 Å². The number of phenolic OH excluding ortho intramolecular Hbond substituents is 2. The maximum absolute atomic E-state index is 12.8. The van der Waals surface area contributed by atoms with Crippen molar-refractivity contribution in [1.29, 1.82) is 0 Å². The lowest BCUT2D eigenvalue weighted by atomic mass is 9.94. The van der Waals surface area contributed by atoms with Crippen molar-refractivity contribution in [2.75, 3.05) is 26.2 Å². The van der Waals surface area contributed by atoms with Crippen LogP contribution in [0, 0.1) is 5.41 Å². The van der Waals surface area contributed by atoms with Gasteiger partial charge in [-0.05, 0) is 37.1 Å². The molecular weight excluding hydrogens is 390 g/mol. The van der Waals surface area contributed by atoms with E-state index in [2.05, 4.69) is 9.98 Å². The Labute approximate surface area is 185 Å². The van der Waals surface area contributed by atoms with Gasteiger partial charge in [0.1, 0.15) is 11.5 Å². The summed E-state index contributed by atoms with van der Waals surface area (Å²) in [5.74, 6) is 0.530. The SMILES string of the molecule is CC(C)(C)C(=O)N(CCCN=Cc1ccccc1O)CCCN=Cc1ccccc1O. The fourth-order valence-corrected chi connectivity index (χ4v) is 3.01. The van der Waals surface area contributed by atoms with Crippen LogP contribution in [0.25, 0.3) is 0 Å². The zero-order chi connectivity index (χ0) is 22.7. The second-order valence-electron chi connectivity index (χ2n) is 8.44. The number of benzene rings is 2. The van der Waals surface area contributed by atoms with Crippen LogP contribution in [0.5, 0.6) is 11.5 Å². The highest BCUT2D eigenvalue weighted by molar-refractivity contribution is 5.84. The molecule has 0 aliphatic carbocycles. The maximum Gasteiger partial charge on any atom is 0.227 e. The van der Waals surface area contributed by atoms with E-state index in [1.807, 2.05) is 49.9 Å². The Bertz CT molecular complexity index is 839. The molecule has 0 radical (unpaired) electrons. The van der Waals surface area contributed by atoms with Crippen LogP contribution < -0.4 is 0 Å². The van der Waals surface area contributed by atoms with E-state index in [4.69, 9.17) is 0 Å². The molecule has 6 nitrogen and oxygen atoms in total. The summed E-state index contributed by atoms with van der Waals surface area (Å²) in [4.78, 5) is 23.4. The highest BCUT2D eigenvalue weighted by Gasteiger charge is 2.26. The van der Waals surface area contributed by atoms with Crippen molar-refractivity contribution in [3.8, 4) is 11.5 Å². The second kappa shape index (κ2) is 11.9. The van der Waals surface area contributed by atoms with Gasteiger partial charge in [-0.2, -0.15) is 0 Å². The molecule has 31 heavy (non-hydrogen) atoms. The van der Waals surface area contributed by atoms with Gasteiger partial charge in [-0.3, -0.25) is 14.8 Å². The predicted molar refractivity (Wildman–Crippen MR) is 126 cm³/mol. The van der Waals surface area contributed by atoms with E-state index in [9.17, 15) is 15.0 Å². The van der Waals surface area contributed by atoms with E-state index in [0.717, 1.165) is 12.8 Å². The molecule has 2 N–H and O–H groups in total. The molecule has 2 aromatic carbocycles. The number of nitrogens with zero attached hydrogens (tertiary/aromatic N) is 3. The summed E-state index contributed by atoms with van der Waals surface area (Å²) in [7, 11) is 0. The summed E-state index contributed by atoms with van der Waals surface area (Å²) in [6.07, 6.45) is 4.82. The molecule has 0 unspecified atom stereocenters. The summed E-state index contributed by atoms with van der Waals surface area (Å²) < 4.78 is 0. The molecule has 2 aromatic rings. The van der Waals surface area contributed by atoms with Gasteiger partial charge in [-0.1, -0.05) is 45.0 Å². The number of carbonyl (C=O) groups is 1. The first-order valence-corrected chi connectivity index (χ1v) is 10.6. The van der Waals surface area contributed by atoms with Gasteiger partial charge >= 0.3 is 0 Å². The quantitative estimate of drug-likeness (QED) is 0.441. The highest BCUT2D eigenvalue weighted by atomic mass is 16.3. The summed E-state index contributed by atoms with van der Waals surface area (Å²) in [5.41, 5.74) is 0.929. The number of hydrogen-bond donors (Lipinski definition) is 2. The molecule has 0 bridgehead atoms. The lowest BCUT2D eigenvalue weighted by Gasteiger charge is -2.29. The van der Waals surface area contributed by atoms with Gasteiger partial charge in [0, 0.05) is 55.2 Å². The number of hydrogen-bond acceptors (Lipinski definition) is 5. The Morgan fingerprint density at radius 2 is 1.26 bits per heavy atom. The maximum atomic E-state index is 12.8. The fraction of sp³-hybridized carbons (Fsp3) is 0.400. The average Bonchev–Trinajstić information content (AvgIpc) is 2.73. The van der Waals surface area contributed by atoms with Crippen molar-refractivity contribution in [3.63, 3.8) is 0 Å². The largest absolute Gasteiger partial charge is 0.507 e. The van der Waals surface area contributed by atoms with Crippen LogP contribution in [-0.4, -0.2) is 59.6 Å². The van der Waals surface area contributed by atoms with Gasteiger partial charge in [0.15, 0.2) is 0 Å². The normalized spacial score (nSPS) is 12.0. The zero-order valence-corrected chi connectivity index (χ0v) is 18.7. The Kier molecular flexibility index (Phi) is 9.25. The summed E-state index contributed by atoms with van der Waals surface area (Å²) in [6.45, 7) is 8.18. The Balaban J connectivity index is 1.84. The van der Waals surface area contributed by atoms with Crippen molar-refractivity contribution < 1.29 is 15.0 Å². The lowest BCUT2D eigenvalue weighted by Crippen LogP contribution is -2.41. The molecule has 0 atom stereocenters. The molecule has 0 saturated carbocycles. The average molecular weight is 424 g/mol. The Morgan fingerprint density at radius 1 is 0.839 bits per heavy atom. The zero-order valence-electron chi connectivity index (χ0n) is 18.7. The summed E-state index contributed by atoms with van der Waals surface area (Å²) in [5, 5.41) is 19.6. The standard InChI is InChI=1S/C25H33N3O3/c1-25(2,3)24(31)28(16-8-14-26-18-20-10-4-6-12-22(20)29)17-9-15-27-19-21-11-5-7-13-23(21)30/h4-7,10-13,18-19,29-30H,8-9,14-17H2,1-3H3. The molecule has 0 heterocycles. The van der Waals surface area contributed by atoms with Crippen LogP contribution in [0.2, 0.25) is 0 Å². The first-order chi connectivity index (χ1) is 14.8. The molecule has 0 fully saturated rings. The van der Waals surface area contributed by atoms with E-state index in [1.165, 1.54) is 0 Å². The van der Waals surface area contributed by atoms with Crippen LogP contribution in [-0.2, 0) is 4.79 Å². The monoisotopic (exact) mass is 423 g/mol. The first-order valence-electron chi connectivity index (χ1n) is 10.6. The number of rotatable bonds is 10. The third-order valence-electron chi connectivity index (χ3n) is 4.69. The lowest BCUT2D eigenvalue weighted by molar-refractivity contribution is -0.139. The minimum absolute atomic E-state index is 0.113. The van der Waals surface area contributed by atoms with Crippen LogP contribution in [0.3, 0.4) is 0 Å². The van der Waals surface area contributed by atoms with Crippen LogP contribution >= 0.6 is 0 Å². The van der Waals surface area contributed by atoms with Gasteiger partial charge in [-0.15, -0.1) is 0 Å². The minimum Gasteiger partial charge on any atom is -0.507 e. The van der Waals surface area contributed by atoms with E-state index in [-0.39, 0.29) is 17.4 Å². The topological polar surface area (TPSA) is 85.5 Å². The van der Waals surface area contributed by atoms with Crippen LogP contribution in [0.4, 0.5) is 0 Å². The van der Waals surface area contributed by atoms with Crippen molar-refractivity contribution in [2.24, 2.45) is 15.4 Å². The number of aromatic hydroxyl groups is 2. The molecular formula is C25H33N3O3. The van der Waals surface area contributed by atoms with Gasteiger partial charge in [0.2, 0.25) is 5.91 Å². The van der Waals surface area contributed by atoms with Gasteiger partial charge in [0.05, 0.1) is 0 Å². The number of carbonyl (C=O) groups excluding carboxylic acids is 1. The highest BCUT2D eigenvalue weighted by Crippen LogP contribution is 2.18. The van der Waals surface area contributed by atoms with E-state index in [0.29, 0.717) is 37.3 Å². The summed E-state index contributed by atoms with van der Waals surface area (Å²) >= 11 is 0. The molecule has 6 heteroatoms. The first kappa shape index (κ1) is 24.1. The van der Waals surface area contributed by atoms with E-state index < -0.39 is 5.41 Å². The third kappa shape index (κ3) is 8.24. The number of phenols is 2. The predicted octanol–water partition coefficient (Wildman–Crippen LogP) is 4.29. The second-order valence-corrected chi connectivity index (χ2v) is 8.44. The van der Waals surface area contributed by atoms with Crippen molar-refractivity contribution in [2.45, 2.75) is 33.6 Å². The van der Waals surface area contributed by atoms with Crippen molar-refractivity contribution in [3.05, 3.63) is 59.7 Å². The van der Waals surface area contributed by atoms with Gasteiger partial charge in [0.25, 0.3) is 0 Å². The minimum atomic E-state index is -0.446. The molecule has 0 aliphatic rings. The molecule has 0 spiro atoms. The molecule has 166 valence electrons. The van der Waals surface area contributed by atoms with Crippen LogP contribution in [0.1, 0.15) is 44.7 Å². The van der Waals surface area contributed by atoms with E-state index >= 15 is 0 Å². The summed E-state index contributed by atoms with van der Waals surface area (Å²) in [6, 6.07) is 14.1. The molecule has 2 rings (SSSR count).